The Hall–Kier alpha value is -2.29. The van der Waals surface area contributed by atoms with Gasteiger partial charge in [-0.2, -0.15) is 0 Å². The van der Waals surface area contributed by atoms with E-state index in [4.69, 9.17) is 16.0 Å². The summed E-state index contributed by atoms with van der Waals surface area (Å²) >= 11 is 6.19. The fraction of sp³-hybridized carbons (Fsp3) is 0.143. The lowest BCUT2D eigenvalue weighted by Gasteiger charge is -2.22. The largest absolute Gasteiger partial charge is 0.456 e. The van der Waals surface area contributed by atoms with Crippen molar-refractivity contribution < 1.29 is 9.52 Å². The minimum absolute atomic E-state index is 0.641. The summed E-state index contributed by atoms with van der Waals surface area (Å²) in [6.45, 7) is 3.55. The molecule has 3 heteroatoms. The average Bonchev–Trinajstić information content (AvgIpc) is 2.91. The van der Waals surface area contributed by atoms with Gasteiger partial charge in [-0.05, 0) is 60.9 Å². The number of aliphatic hydroxyl groups is 1. The zero-order chi connectivity index (χ0) is 16.9. The van der Waals surface area contributed by atoms with E-state index in [9.17, 15) is 5.11 Å². The lowest BCUT2D eigenvalue weighted by atomic mass is 9.89. The molecule has 1 heterocycles. The summed E-state index contributed by atoms with van der Waals surface area (Å²) in [7, 11) is 0. The molecule has 120 valence electrons. The molecule has 0 saturated carbocycles. The highest BCUT2D eigenvalue weighted by Gasteiger charge is 2.21. The summed E-state index contributed by atoms with van der Waals surface area (Å²) in [5.74, 6) is 0. The first-order valence-corrected chi connectivity index (χ1v) is 8.25. The van der Waals surface area contributed by atoms with Crippen molar-refractivity contribution in [3.8, 4) is 11.1 Å². The van der Waals surface area contributed by atoms with Crippen LogP contribution in [0.4, 0.5) is 0 Å². The number of rotatable bonds is 2. The molecule has 0 aliphatic carbocycles. The highest BCUT2D eigenvalue weighted by molar-refractivity contribution is 6.31. The van der Waals surface area contributed by atoms with E-state index in [0.717, 1.165) is 38.6 Å². The molecular formula is C21H17ClO2. The molecule has 0 saturated heterocycles. The number of hydrogen-bond donors (Lipinski definition) is 1. The summed E-state index contributed by atoms with van der Waals surface area (Å²) < 4.78 is 5.97. The van der Waals surface area contributed by atoms with E-state index >= 15 is 0 Å². The Labute approximate surface area is 145 Å². The van der Waals surface area contributed by atoms with Crippen molar-refractivity contribution >= 4 is 33.5 Å². The predicted molar refractivity (Wildman–Crippen MR) is 99.4 cm³/mol. The van der Waals surface area contributed by atoms with Gasteiger partial charge in [0.2, 0.25) is 0 Å². The Balaban J connectivity index is 1.97. The van der Waals surface area contributed by atoms with Gasteiger partial charge in [0.25, 0.3) is 0 Å². The normalized spacial score (nSPS) is 12.2. The van der Waals surface area contributed by atoms with Crippen molar-refractivity contribution in [2.45, 2.75) is 19.4 Å². The maximum atomic E-state index is 10.5. The maximum absolute atomic E-state index is 10.5. The zero-order valence-corrected chi connectivity index (χ0v) is 14.3. The number of furan rings is 1. The highest BCUT2D eigenvalue weighted by atomic mass is 35.5. The van der Waals surface area contributed by atoms with Crippen molar-refractivity contribution in [2.75, 3.05) is 0 Å². The quantitative estimate of drug-likeness (QED) is 0.477. The summed E-state index contributed by atoms with van der Waals surface area (Å²) in [4.78, 5) is 0. The fourth-order valence-electron chi connectivity index (χ4n) is 3.18. The Morgan fingerprint density at radius 1 is 0.875 bits per heavy atom. The molecule has 0 amide bonds. The molecule has 4 rings (SSSR count). The van der Waals surface area contributed by atoms with E-state index in [1.807, 2.05) is 42.5 Å². The van der Waals surface area contributed by atoms with E-state index < -0.39 is 5.60 Å². The van der Waals surface area contributed by atoms with Crippen molar-refractivity contribution in [1.29, 1.82) is 0 Å². The monoisotopic (exact) mass is 336 g/mol. The first-order valence-electron chi connectivity index (χ1n) is 7.87. The average molecular weight is 337 g/mol. The van der Waals surface area contributed by atoms with Crippen LogP contribution in [0.5, 0.6) is 0 Å². The molecule has 0 radical (unpaired) electrons. The van der Waals surface area contributed by atoms with Crippen LogP contribution in [0.1, 0.15) is 19.4 Å². The second kappa shape index (κ2) is 5.37. The van der Waals surface area contributed by atoms with Gasteiger partial charge in [-0.3, -0.25) is 0 Å². The minimum atomic E-state index is -0.956. The van der Waals surface area contributed by atoms with Crippen LogP contribution in [0.15, 0.2) is 65.1 Å². The van der Waals surface area contributed by atoms with Crippen molar-refractivity contribution in [1.82, 2.24) is 0 Å². The Morgan fingerprint density at radius 3 is 2.42 bits per heavy atom. The first kappa shape index (κ1) is 15.3. The summed E-state index contributed by atoms with van der Waals surface area (Å²) in [5.41, 5.74) is 3.47. The fourth-order valence-corrected chi connectivity index (χ4v) is 3.35. The molecule has 0 fully saturated rings. The first-order chi connectivity index (χ1) is 11.4. The minimum Gasteiger partial charge on any atom is -0.456 e. The Morgan fingerprint density at radius 2 is 1.62 bits per heavy atom. The summed E-state index contributed by atoms with van der Waals surface area (Å²) in [6.07, 6.45) is 0. The number of benzene rings is 3. The van der Waals surface area contributed by atoms with E-state index in [1.165, 1.54) is 0 Å². The molecule has 2 nitrogen and oxygen atoms in total. The maximum Gasteiger partial charge on any atom is 0.136 e. The molecule has 0 atom stereocenters. The highest BCUT2D eigenvalue weighted by Crippen LogP contribution is 2.37. The van der Waals surface area contributed by atoms with Crippen molar-refractivity contribution in [2.24, 2.45) is 0 Å². The van der Waals surface area contributed by atoms with Gasteiger partial charge in [0.1, 0.15) is 11.2 Å². The number of para-hydroxylation sites is 1. The molecule has 0 aliphatic heterocycles. The van der Waals surface area contributed by atoms with Crippen LogP contribution >= 0.6 is 11.6 Å². The van der Waals surface area contributed by atoms with Gasteiger partial charge < -0.3 is 9.52 Å². The third-order valence-corrected chi connectivity index (χ3v) is 4.57. The van der Waals surface area contributed by atoms with Crippen LogP contribution in [-0.2, 0) is 5.60 Å². The summed E-state index contributed by atoms with van der Waals surface area (Å²) in [6, 6.07) is 19.7. The Bertz CT molecular complexity index is 1050. The molecular weight excluding hydrogens is 320 g/mol. The van der Waals surface area contributed by atoms with Gasteiger partial charge in [0, 0.05) is 15.8 Å². The lowest BCUT2D eigenvalue weighted by Crippen LogP contribution is -2.16. The molecule has 24 heavy (non-hydrogen) atoms. The van der Waals surface area contributed by atoms with E-state index in [2.05, 4.69) is 12.1 Å². The van der Waals surface area contributed by atoms with Gasteiger partial charge >= 0.3 is 0 Å². The van der Waals surface area contributed by atoms with Gasteiger partial charge in [-0.1, -0.05) is 41.9 Å². The van der Waals surface area contributed by atoms with E-state index in [1.54, 1.807) is 19.9 Å². The van der Waals surface area contributed by atoms with Crippen LogP contribution < -0.4 is 0 Å². The lowest BCUT2D eigenvalue weighted by molar-refractivity contribution is 0.0792. The zero-order valence-electron chi connectivity index (χ0n) is 13.5. The van der Waals surface area contributed by atoms with Crippen LogP contribution in [0.2, 0.25) is 5.02 Å². The molecule has 0 bridgehead atoms. The number of halogens is 1. The second-order valence-electron chi connectivity index (χ2n) is 6.56. The predicted octanol–water partition coefficient (Wildman–Crippen LogP) is 6.13. The molecule has 3 aromatic carbocycles. The number of fused-ring (bicyclic) bond motifs is 3. The molecule has 1 N–H and O–H groups in total. The van der Waals surface area contributed by atoms with Gasteiger partial charge in [-0.25, -0.2) is 0 Å². The third kappa shape index (κ3) is 2.48. The van der Waals surface area contributed by atoms with Crippen LogP contribution in [-0.4, -0.2) is 5.11 Å². The van der Waals surface area contributed by atoms with Crippen LogP contribution in [0.3, 0.4) is 0 Å². The van der Waals surface area contributed by atoms with Crippen molar-refractivity contribution in [3.63, 3.8) is 0 Å². The molecule has 0 unspecified atom stereocenters. The Kier molecular flexibility index (Phi) is 3.41. The second-order valence-corrected chi connectivity index (χ2v) is 6.99. The smallest absolute Gasteiger partial charge is 0.136 e. The van der Waals surface area contributed by atoms with Gasteiger partial charge in [0.05, 0.1) is 5.60 Å². The van der Waals surface area contributed by atoms with Crippen molar-refractivity contribution in [3.05, 3.63) is 71.2 Å². The standard InChI is InChI=1S/C21H17ClO2/c1-21(2,23)18-10-8-14(22)12-17(18)13-7-9-16-15-5-3-4-6-19(15)24-20(16)11-13/h3-12,23H,1-2H3. The van der Waals surface area contributed by atoms with E-state index in [-0.39, 0.29) is 0 Å². The summed E-state index contributed by atoms with van der Waals surface area (Å²) in [5, 5.41) is 13.3. The van der Waals surface area contributed by atoms with E-state index in [0.29, 0.717) is 5.02 Å². The molecule has 4 aromatic rings. The van der Waals surface area contributed by atoms with Crippen LogP contribution in [0, 0.1) is 0 Å². The SMILES string of the molecule is CC(C)(O)c1ccc(Cl)cc1-c1ccc2c(c1)oc1ccccc12. The molecule has 0 aliphatic rings. The molecule has 1 aromatic heterocycles. The van der Waals surface area contributed by atoms with Crippen LogP contribution in [0.25, 0.3) is 33.1 Å². The van der Waals surface area contributed by atoms with Gasteiger partial charge in [0.15, 0.2) is 0 Å². The third-order valence-electron chi connectivity index (χ3n) is 4.33. The van der Waals surface area contributed by atoms with Gasteiger partial charge in [-0.15, -0.1) is 0 Å². The number of hydrogen-bond acceptors (Lipinski definition) is 2. The molecule has 0 spiro atoms. The topological polar surface area (TPSA) is 33.4 Å².